The highest BCUT2D eigenvalue weighted by molar-refractivity contribution is 6.04. The standard InChI is InChI=1S/C30H25N7O/c1-2-23-24(21-15-20-5-3-4-6-22(20)33-16-21)25-26(31)34-18-35-27(25)37(23)30-11-9-29(17-30,10-12-30)36-28(38)19-7-13-32-14-8-19/h1,3-8,13-16,18H,9-12,17H2,(H,36,38)(H2,31,34,35). The monoisotopic (exact) mass is 499 g/mol. The molecule has 0 aliphatic heterocycles. The number of nitrogens with two attached hydrogens (primary N) is 1. The zero-order valence-electron chi connectivity index (χ0n) is 20.7. The molecule has 2 saturated carbocycles. The smallest absolute Gasteiger partial charge is 0.251 e. The number of aromatic nitrogens is 5. The highest BCUT2D eigenvalue weighted by Gasteiger charge is 2.57. The van der Waals surface area contributed by atoms with Gasteiger partial charge in [-0.05, 0) is 56.4 Å². The maximum atomic E-state index is 13.1. The Bertz CT molecular complexity index is 1780. The van der Waals surface area contributed by atoms with Gasteiger partial charge in [-0.25, -0.2) is 9.97 Å². The lowest BCUT2D eigenvalue weighted by Gasteiger charge is -2.30. The van der Waals surface area contributed by atoms with Crippen molar-refractivity contribution in [2.75, 3.05) is 5.73 Å². The van der Waals surface area contributed by atoms with Crippen molar-refractivity contribution in [2.24, 2.45) is 0 Å². The number of terminal acetylenes is 1. The molecule has 38 heavy (non-hydrogen) atoms. The lowest BCUT2D eigenvalue weighted by Crippen LogP contribution is -2.45. The number of hydrogen-bond donors (Lipinski definition) is 2. The second-order valence-electron chi connectivity index (χ2n) is 10.4. The van der Waals surface area contributed by atoms with E-state index in [1.807, 2.05) is 30.5 Å². The summed E-state index contributed by atoms with van der Waals surface area (Å²) in [6.07, 6.45) is 17.1. The van der Waals surface area contributed by atoms with E-state index in [2.05, 4.69) is 36.8 Å². The molecule has 8 nitrogen and oxygen atoms in total. The van der Waals surface area contributed by atoms with Gasteiger partial charge in [0.15, 0.2) is 0 Å². The lowest BCUT2D eigenvalue weighted by atomic mass is 9.90. The molecule has 3 N–H and O–H groups in total. The number of hydrogen-bond acceptors (Lipinski definition) is 6. The van der Waals surface area contributed by atoms with Crippen LogP contribution >= 0.6 is 0 Å². The zero-order valence-corrected chi connectivity index (χ0v) is 20.7. The molecule has 1 aromatic carbocycles. The summed E-state index contributed by atoms with van der Waals surface area (Å²) in [6.45, 7) is 0. The SMILES string of the molecule is C#Cc1c(-c2cnc3ccccc3c2)c2c(N)ncnc2n1C12CCC(NC(=O)c3ccncc3)(CC1)C2. The number of benzene rings is 1. The summed E-state index contributed by atoms with van der Waals surface area (Å²) >= 11 is 0. The molecule has 0 atom stereocenters. The molecule has 4 heterocycles. The average Bonchev–Trinajstić information content (AvgIpc) is 3.62. The number of pyridine rings is 2. The number of nitrogens with zero attached hydrogens (tertiary/aromatic N) is 5. The van der Waals surface area contributed by atoms with Crippen LogP contribution in [-0.2, 0) is 5.54 Å². The molecule has 7 rings (SSSR count). The molecule has 0 unspecified atom stereocenters. The predicted molar refractivity (Wildman–Crippen MR) is 146 cm³/mol. The van der Waals surface area contributed by atoms with E-state index in [-0.39, 0.29) is 17.0 Å². The first kappa shape index (κ1) is 22.4. The van der Waals surface area contributed by atoms with Crippen LogP contribution in [0.25, 0.3) is 33.1 Å². The molecular weight excluding hydrogens is 474 g/mol. The van der Waals surface area contributed by atoms with Crippen LogP contribution in [0.5, 0.6) is 0 Å². The summed E-state index contributed by atoms with van der Waals surface area (Å²) in [4.78, 5) is 30.8. The molecule has 1 amide bonds. The maximum absolute atomic E-state index is 13.1. The second kappa shape index (κ2) is 8.12. The maximum Gasteiger partial charge on any atom is 0.251 e. The molecule has 2 aliphatic rings. The third kappa shape index (κ3) is 3.21. The number of carbonyl (C=O) groups excluding carboxylic acids is 1. The topological polar surface area (TPSA) is 112 Å². The number of nitrogen functional groups attached to an aromatic ring is 1. The summed E-state index contributed by atoms with van der Waals surface area (Å²) in [7, 11) is 0. The van der Waals surface area contributed by atoms with Crippen molar-refractivity contribution in [3.8, 4) is 23.5 Å². The van der Waals surface area contributed by atoms with Gasteiger partial charge in [0.05, 0.1) is 10.9 Å². The van der Waals surface area contributed by atoms with Crippen LogP contribution in [0.15, 0.2) is 67.4 Å². The van der Waals surface area contributed by atoms with E-state index in [4.69, 9.17) is 17.1 Å². The van der Waals surface area contributed by atoms with Crippen molar-refractivity contribution in [1.29, 1.82) is 0 Å². The number of rotatable bonds is 4. The number of amides is 1. The van der Waals surface area contributed by atoms with E-state index in [1.54, 1.807) is 24.5 Å². The van der Waals surface area contributed by atoms with E-state index in [1.165, 1.54) is 6.33 Å². The van der Waals surface area contributed by atoms with E-state index in [0.717, 1.165) is 70.9 Å². The Hall–Kier alpha value is -4.77. The molecule has 2 aliphatic carbocycles. The van der Waals surface area contributed by atoms with Crippen molar-refractivity contribution in [3.05, 3.63) is 78.6 Å². The van der Waals surface area contributed by atoms with E-state index in [9.17, 15) is 4.79 Å². The van der Waals surface area contributed by atoms with Gasteiger partial charge in [-0.1, -0.05) is 24.1 Å². The fourth-order valence-corrected chi connectivity index (χ4v) is 6.69. The Morgan fingerprint density at radius 2 is 1.84 bits per heavy atom. The molecule has 0 radical (unpaired) electrons. The Morgan fingerprint density at radius 1 is 1.05 bits per heavy atom. The molecule has 186 valence electrons. The summed E-state index contributed by atoms with van der Waals surface area (Å²) in [5.74, 6) is 3.29. The molecule has 8 heteroatoms. The molecule has 4 aromatic heterocycles. The van der Waals surface area contributed by atoms with Gasteiger partial charge in [0.1, 0.15) is 23.5 Å². The van der Waals surface area contributed by atoms with Gasteiger partial charge in [-0.2, -0.15) is 0 Å². The lowest BCUT2D eigenvalue weighted by molar-refractivity contribution is 0.0901. The third-order valence-electron chi connectivity index (χ3n) is 8.40. The fourth-order valence-electron chi connectivity index (χ4n) is 6.69. The van der Waals surface area contributed by atoms with E-state index < -0.39 is 0 Å². The minimum atomic E-state index is -0.300. The van der Waals surface area contributed by atoms with Gasteiger partial charge >= 0.3 is 0 Å². The Balaban J connectivity index is 1.37. The van der Waals surface area contributed by atoms with Gasteiger partial charge < -0.3 is 15.6 Å². The summed E-state index contributed by atoms with van der Waals surface area (Å²) in [6, 6.07) is 13.6. The van der Waals surface area contributed by atoms with E-state index in [0.29, 0.717) is 11.4 Å². The van der Waals surface area contributed by atoms with Crippen molar-refractivity contribution < 1.29 is 4.79 Å². The highest BCUT2D eigenvalue weighted by atomic mass is 16.1. The van der Waals surface area contributed by atoms with Crippen molar-refractivity contribution in [1.82, 2.24) is 29.8 Å². The van der Waals surface area contributed by atoms with Gasteiger partial charge in [-0.3, -0.25) is 14.8 Å². The van der Waals surface area contributed by atoms with Gasteiger partial charge in [0.2, 0.25) is 0 Å². The summed E-state index contributed by atoms with van der Waals surface area (Å²) < 4.78 is 2.21. The molecule has 0 spiro atoms. The zero-order chi connectivity index (χ0) is 25.9. The highest BCUT2D eigenvalue weighted by Crippen LogP contribution is 2.57. The predicted octanol–water partition coefficient (Wildman–Crippen LogP) is 4.45. The van der Waals surface area contributed by atoms with Crippen molar-refractivity contribution in [3.63, 3.8) is 0 Å². The van der Waals surface area contributed by atoms with Crippen LogP contribution in [0.1, 0.15) is 48.2 Å². The number of anilines is 1. The molecule has 2 fully saturated rings. The van der Waals surface area contributed by atoms with E-state index >= 15 is 0 Å². The first-order valence-electron chi connectivity index (χ1n) is 12.7. The number of fused-ring (bicyclic) bond motifs is 4. The normalized spacial score (nSPS) is 22.1. The van der Waals surface area contributed by atoms with Crippen LogP contribution in [-0.4, -0.2) is 35.9 Å². The Kier molecular flexibility index (Phi) is 4.79. The summed E-state index contributed by atoms with van der Waals surface area (Å²) in [5, 5.41) is 5.11. The van der Waals surface area contributed by atoms with Crippen LogP contribution in [0.2, 0.25) is 0 Å². The second-order valence-corrected chi connectivity index (χ2v) is 10.4. The average molecular weight is 500 g/mol. The van der Waals surface area contributed by atoms with Crippen molar-refractivity contribution >= 4 is 33.7 Å². The minimum Gasteiger partial charge on any atom is -0.383 e. The molecule has 0 saturated heterocycles. The van der Waals surface area contributed by atoms with Crippen LogP contribution < -0.4 is 11.1 Å². The Morgan fingerprint density at radius 3 is 2.63 bits per heavy atom. The quantitative estimate of drug-likeness (QED) is 0.354. The van der Waals surface area contributed by atoms with Gasteiger partial charge in [0, 0.05) is 51.7 Å². The van der Waals surface area contributed by atoms with Crippen LogP contribution in [0, 0.1) is 12.3 Å². The third-order valence-corrected chi connectivity index (χ3v) is 8.40. The fraction of sp³-hybridized carbons (Fsp3) is 0.233. The molecular formula is C30H25N7O. The number of carbonyl (C=O) groups is 1. The Labute approximate surface area is 219 Å². The molecule has 2 bridgehead atoms. The molecule has 5 aromatic rings. The first-order valence-corrected chi connectivity index (χ1v) is 12.7. The van der Waals surface area contributed by atoms with Crippen LogP contribution in [0.4, 0.5) is 5.82 Å². The minimum absolute atomic E-state index is 0.0749. The van der Waals surface area contributed by atoms with Gasteiger partial charge in [0.25, 0.3) is 5.91 Å². The largest absolute Gasteiger partial charge is 0.383 e. The number of para-hydroxylation sites is 1. The number of nitrogens with one attached hydrogen (secondary N) is 1. The van der Waals surface area contributed by atoms with Crippen LogP contribution in [0.3, 0.4) is 0 Å². The first-order chi connectivity index (χ1) is 18.5. The van der Waals surface area contributed by atoms with Gasteiger partial charge in [-0.15, -0.1) is 6.42 Å². The van der Waals surface area contributed by atoms with Crippen molar-refractivity contribution in [2.45, 2.75) is 43.2 Å². The summed E-state index contributed by atoms with van der Waals surface area (Å²) in [5.41, 5.74) is 10.6.